The zero-order chi connectivity index (χ0) is 13.7. The van der Waals surface area contributed by atoms with Crippen molar-refractivity contribution < 1.29 is 9.18 Å². The highest BCUT2D eigenvalue weighted by Gasteiger charge is 2.18. The summed E-state index contributed by atoms with van der Waals surface area (Å²) in [5.41, 5.74) is 6.01. The number of nitrogen functional groups attached to an aromatic ring is 1. The van der Waals surface area contributed by atoms with Crippen LogP contribution in [0.4, 0.5) is 10.1 Å². The van der Waals surface area contributed by atoms with Crippen molar-refractivity contribution in [3.05, 3.63) is 29.6 Å². The Labute approximate surface area is 106 Å². The molecule has 5 heteroatoms. The highest BCUT2D eigenvalue weighted by Crippen LogP contribution is 2.16. The minimum atomic E-state index is -0.475. The van der Waals surface area contributed by atoms with Gasteiger partial charge in [0.2, 0.25) is 0 Å². The molecule has 0 saturated heterocycles. The first-order chi connectivity index (χ1) is 8.49. The highest BCUT2D eigenvalue weighted by atomic mass is 19.1. The largest absolute Gasteiger partial charge is 0.398 e. The normalized spacial score (nSPS) is 11.7. The first-order valence-corrected chi connectivity index (χ1v) is 5.73. The van der Waals surface area contributed by atoms with E-state index in [4.69, 9.17) is 11.0 Å². The summed E-state index contributed by atoms with van der Waals surface area (Å²) in [5.74, 6) is -1.01. The number of halogens is 1. The lowest BCUT2D eigenvalue weighted by Gasteiger charge is -2.22. The number of anilines is 1. The smallest absolute Gasteiger partial charge is 0.255 e. The van der Waals surface area contributed by atoms with E-state index in [-0.39, 0.29) is 23.1 Å². The van der Waals surface area contributed by atoms with E-state index in [1.807, 2.05) is 6.92 Å². The van der Waals surface area contributed by atoms with Gasteiger partial charge in [-0.15, -0.1) is 0 Å². The third-order valence-corrected chi connectivity index (χ3v) is 2.63. The Bertz CT molecular complexity index is 482. The molecule has 0 aliphatic carbocycles. The molecule has 0 spiro atoms. The molecule has 2 N–H and O–H groups in total. The molecule has 0 fully saturated rings. The van der Waals surface area contributed by atoms with E-state index in [1.54, 1.807) is 6.92 Å². The molecule has 1 atom stereocenters. The molecule has 1 aromatic carbocycles. The third kappa shape index (κ3) is 3.20. The van der Waals surface area contributed by atoms with Gasteiger partial charge in [0.25, 0.3) is 5.91 Å². The summed E-state index contributed by atoms with van der Waals surface area (Å²) in [6, 6.07) is 5.76. The van der Waals surface area contributed by atoms with Crippen LogP contribution in [0.25, 0.3) is 0 Å². The van der Waals surface area contributed by atoms with Crippen molar-refractivity contribution in [2.45, 2.75) is 13.8 Å². The Morgan fingerprint density at radius 2 is 2.28 bits per heavy atom. The third-order valence-electron chi connectivity index (χ3n) is 2.63. The number of hydrogen-bond donors (Lipinski definition) is 1. The first-order valence-electron chi connectivity index (χ1n) is 5.73. The maximum Gasteiger partial charge on any atom is 0.255 e. The molecule has 96 valence electrons. The number of carbonyl (C=O) groups excluding carboxylic acids is 1. The van der Waals surface area contributed by atoms with Gasteiger partial charge >= 0.3 is 0 Å². The molecule has 0 heterocycles. The van der Waals surface area contributed by atoms with Crippen molar-refractivity contribution in [3.63, 3.8) is 0 Å². The Balaban J connectivity index is 2.94. The molecular formula is C13H16FN3O. The van der Waals surface area contributed by atoms with Gasteiger partial charge in [-0.1, -0.05) is 0 Å². The Morgan fingerprint density at radius 1 is 1.61 bits per heavy atom. The summed E-state index contributed by atoms with van der Waals surface area (Å²) in [6.45, 7) is 4.37. The predicted octanol–water partition coefficient (Wildman–Crippen LogP) is 2.03. The molecule has 1 amide bonds. The Morgan fingerprint density at radius 3 is 2.78 bits per heavy atom. The van der Waals surface area contributed by atoms with E-state index in [9.17, 15) is 9.18 Å². The van der Waals surface area contributed by atoms with Gasteiger partial charge in [0.1, 0.15) is 5.82 Å². The lowest BCUT2D eigenvalue weighted by molar-refractivity contribution is 0.0753. The fourth-order valence-electron chi connectivity index (χ4n) is 1.63. The molecule has 0 radical (unpaired) electrons. The summed E-state index contributed by atoms with van der Waals surface area (Å²) in [4.78, 5) is 13.7. The Hall–Kier alpha value is -2.09. The van der Waals surface area contributed by atoms with Crippen LogP contribution in [0.5, 0.6) is 0 Å². The molecule has 1 rings (SSSR count). The molecule has 0 aliphatic rings. The average molecular weight is 249 g/mol. The highest BCUT2D eigenvalue weighted by molar-refractivity contribution is 5.99. The van der Waals surface area contributed by atoms with Crippen molar-refractivity contribution in [2.75, 3.05) is 18.8 Å². The number of benzene rings is 1. The molecule has 0 bridgehead atoms. The van der Waals surface area contributed by atoms with Crippen LogP contribution < -0.4 is 5.73 Å². The second-order valence-corrected chi connectivity index (χ2v) is 4.11. The van der Waals surface area contributed by atoms with Crippen LogP contribution in [0.15, 0.2) is 18.2 Å². The van der Waals surface area contributed by atoms with Gasteiger partial charge in [-0.25, -0.2) is 4.39 Å². The average Bonchev–Trinajstić information content (AvgIpc) is 2.34. The van der Waals surface area contributed by atoms with E-state index in [2.05, 4.69) is 6.07 Å². The van der Waals surface area contributed by atoms with Gasteiger partial charge in [-0.05, 0) is 32.0 Å². The van der Waals surface area contributed by atoms with Gasteiger partial charge in [0.05, 0.1) is 17.6 Å². The number of nitriles is 1. The second-order valence-electron chi connectivity index (χ2n) is 4.11. The van der Waals surface area contributed by atoms with Gasteiger partial charge in [-0.2, -0.15) is 5.26 Å². The van der Waals surface area contributed by atoms with Crippen LogP contribution in [0.2, 0.25) is 0 Å². The van der Waals surface area contributed by atoms with Crippen LogP contribution in [0.1, 0.15) is 24.2 Å². The summed E-state index contributed by atoms with van der Waals surface area (Å²) < 4.78 is 12.9. The first kappa shape index (κ1) is 14.0. The summed E-state index contributed by atoms with van der Waals surface area (Å²) in [6.07, 6.45) is 0. The van der Waals surface area contributed by atoms with E-state index in [0.29, 0.717) is 13.1 Å². The van der Waals surface area contributed by atoms with Crippen molar-refractivity contribution in [1.82, 2.24) is 4.90 Å². The lowest BCUT2D eigenvalue weighted by atomic mass is 10.1. The van der Waals surface area contributed by atoms with E-state index < -0.39 is 5.82 Å². The number of amides is 1. The molecule has 0 aromatic heterocycles. The van der Waals surface area contributed by atoms with Crippen LogP contribution >= 0.6 is 0 Å². The molecular weight excluding hydrogens is 233 g/mol. The van der Waals surface area contributed by atoms with Gasteiger partial charge < -0.3 is 10.6 Å². The van der Waals surface area contributed by atoms with Gasteiger partial charge in [-0.3, -0.25) is 4.79 Å². The predicted molar refractivity (Wildman–Crippen MR) is 67.2 cm³/mol. The minimum Gasteiger partial charge on any atom is -0.398 e. The van der Waals surface area contributed by atoms with Crippen molar-refractivity contribution in [1.29, 1.82) is 5.26 Å². The Kier molecular flexibility index (Phi) is 4.67. The van der Waals surface area contributed by atoms with Crippen LogP contribution in [0.3, 0.4) is 0 Å². The maximum absolute atomic E-state index is 12.9. The summed E-state index contributed by atoms with van der Waals surface area (Å²) >= 11 is 0. The molecule has 0 aliphatic heterocycles. The topological polar surface area (TPSA) is 70.1 Å². The van der Waals surface area contributed by atoms with Crippen molar-refractivity contribution >= 4 is 11.6 Å². The maximum atomic E-state index is 12.9. The zero-order valence-electron chi connectivity index (χ0n) is 10.5. The minimum absolute atomic E-state index is 0.114. The number of nitrogens with zero attached hydrogens (tertiary/aromatic N) is 2. The molecule has 0 saturated carbocycles. The summed E-state index contributed by atoms with van der Waals surface area (Å²) in [5, 5.41) is 8.76. The zero-order valence-corrected chi connectivity index (χ0v) is 10.5. The molecule has 1 unspecified atom stereocenters. The molecule has 18 heavy (non-hydrogen) atoms. The quantitative estimate of drug-likeness (QED) is 0.830. The number of rotatable bonds is 4. The lowest BCUT2D eigenvalue weighted by Crippen LogP contribution is -2.34. The van der Waals surface area contributed by atoms with Crippen LogP contribution in [-0.4, -0.2) is 23.9 Å². The van der Waals surface area contributed by atoms with Gasteiger partial charge in [0, 0.05) is 18.8 Å². The van der Waals surface area contributed by atoms with Crippen LogP contribution in [0, 0.1) is 23.1 Å². The molecule has 4 nitrogen and oxygen atoms in total. The molecule has 1 aromatic rings. The monoisotopic (exact) mass is 249 g/mol. The standard InChI is InChI=1S/C13H16FN3O/c1-3-17(8-9(2)7-15)13(18)11-5-4-10(14)6-12(11)16/h4-6,9H,3,8,16H2,1-2H3. The number of carbonyl (C=O) groups is 1. The van der Waals surface area contributed by atoms with Gasteiger partial charge in [0.15, 0.2) is 0 Å². The van der Waals surface area contributed by atoms with Crippen molar-refractivity contribution in [2.24, 2.45) is 5.92 Å². The van der Waals surface area contributed by atoms with E-state index in [1.165, 1.54) is 17.0 Å². The fraction of sp³-hybridized carbons (Fsp3) is 0.385. The van der Waals surface area contributed by atoms with Crippen LogP contribution in [-0.2, 0) is 0 Å². The van der Waals surface area contributed by atoms with Crippen molar-refractivity contribution in [3.8, 4) is 6.07 Å². The van der Waals surface area contributed by atoms with E-state index in [0.717, 1.165) is 6.07 Å². The number of nitrogens with two attached hydrogens (primary N) is 1. The SMILES string of the molecule is CCN(CC(C)C#N)C(=O)c1ccc(F)cc1N. The fourth-order valence-corrected chi connectivity index (χ4v) is 1.63. The summed E-state index contributed by atoms with van der Waals surface area (Å²) in [7, 11) is 0. The van der Waals surface area contributed by atoms with E-state index >= 15 is 0 Å². The number of hydrogen-bond acceptors (Lipinski definition) is 3. The second kappa shape index (κ2) is 6.01.